The normalized spacial score (nSPS) is 13.9. The van der Waals surface area contributed by atoms with E-state index in [1.165, 1.54) is 23.1 Å². The SMILES string of the molecule is COc1cc(C)c(Sc2cnc(NC(=O)c3cccc(CN(C)C)c3)s2)cc1C(=O)N1CCCNCC1. The lowest BCUT2D eigenvalue weighted by Gasteiger charge is -2.22. The van der Waals surface area contributed by atoms with Gasteiger partial charge in [0.25, 0.3) is 11.8 Å². The van der Waals surface area contributed by atoms with Gasteiger partial charge in [0.15, 0.2) is 5.13 Å². The molecule has 0 saturated carbocycles. The minimum atomic E-state index is -0.188. The van der Waals surface area contributed by atoms with E-state index < -0.39 is 0 Å². The lowest BCUT2D eigenvalue weighted by atomic mass is 10.1. The Kier molecular flexibility index (Phi) is 9.20. The Hall–Kier alpha value is -2.92. The fourth-order valence-corrected chi connectivity index (χ4v) is 6.08. The van der Waals surface area contributed by atoms with Gasteiger partial charge >= 0.3 is 0 Å². The average Bonchev–Trinajstić information content (AvgIpc) is 3.13. The van der Waals surface area contributed by atoms with Gasteiger partial charge in [-0.1, -0.05) is 35.2 Å². The van der Waals surface area contributed by atoms with Gasteiger partial charge in [0.2, 0.25) is 0 Å². The first-order valence-corrected chi connectivity index (χ1v) is 13.8. The minimum absolute atomic E-state index is 0.0174. The summed E-state index contributed by atoms with van der Waals surface area (Å²) in [6.07, 6.45) is 2.68. The third-order valence-electron chi connectivity index (χ3n) is 5.96. The highest BCUT2D eigenvalue weighted by atomic mass is 32.2. The molecule has 4 rings (SSSR count). The van der Waals surface area contributed by atoms with Gasteiger partial charge in [-0.3, -0.25) is 14.9 Å². The monoisotopic (exact) mass is 539 g/mol. The van der Waals surface area contributed by atoms with Gasteiger partial charge in [0.1, 0.15) is 5.75 Å². The van der Waals surface area contributed by atoms with Crippen molar-refractivity contribution in [2.45, 2.75) is 29.0 Å². The van der Waals surface area contributed by atoms with E-state index in [9.17, 15) is 9.59 Å². The molecule has 0 radical (unpaired) electrons. The summed E-state index contributed by atoms with van der Waals surface area (Å²) in [5.74, 6) is 0.376. The predicted octanol–water partition coefficient (Wildman–Crippen LogP) is 4.36. The Morgan fingerprint density at radius 3 is 2.84 bits per heavy atom. The molecule has 10 heteroatoms. The van der Waals surface area contributed by atoms with Crippen molar-refractivity contribution in [3.63, 3.8) is 0 Å². The van der Waals surface area contributed by atoms with E-state index in [0.717, 1.165) is 52.8 Å². The predicted molar refractivity (Wildman–Crippen MR) is 149 cm³/mol. The molecule has 0 spiro atoms. The van der Waals surface area contributed by atoms with Crippen molar-refractivity contribution in [2.24, 2.45) is 0 Å². The van der Waals surface area contributed by atoms with Crippen molar-refractivity contribution < 1.29 is 14.3 Å². The van der Waals surface area contributed by atoms with Gasteiger partial charge in [-0.25, -0.2) is 4.98 Å². The fraction of sp³-hybridized carbons (Fsp3) is 0.370. The summed E-state index contributed by atoms with van der Waals surface area (Å²) in [7, 11) is 5.59. The Balaban J connectivity index is 1.48. The lowest BCUT2D eigenvalue weighted by Crippen LogP contribution is -2.34. The quantitative estimate of drug-likeness (QED) is 0.440. The number of ether oxygens (including phenoxy) is 1. The van der Waals surface area contributed by atoms with Crippen LogP contribution in [0.2, 0.25) is 0 Å². The number of benzene rings is 2. The number of methoxy groups -OCH3 is 1. The van der Waals surface area contributed by atoms with Crippen LogP contribution in [0.25, 0.3) is 0 Å². The van der Waals surface area contributed by atoms with Crippen molar-refractivity contribution in [1.82, 2.24) is 20.1 Å². The number of carbonyl (C=O) groups is 2. The van der Waals surface area contributed by atoms with Crippen molar-refractivity contribution in [1.29, 1.82) is 0 Å². The van der Waals surface area contributed by atoms with Crippen molar-refractivity contribution in [3.05, 3.63) is 64.8 Å². The molecule has 2 aromatic carbocycles. The smallest absolute Gasteiger partial charge is 0.257 e. The number of amides is 2. The molecule has 0 atom stereocenters. The Labute approximate surface area is 226 Å². The number of anilines is 1. The molecule has 8 nitrogen and oxygen atoms in total. The molecule has 0 aliphatic carbocycles. The second kappa shape index (κ2) is 12.6. The minimum Gasteiger partial charge on any atom is -0.496 e. The highest BCUT2D eigenvalue weighted by Crippen LogP contribution is 2.38. The summed E-state index contributed by atoms with van der Waals surface area (Å²) in [6.45, 7) is 5.87. The largest absolute Gasteiger partial charge is 0.496 e. The number of aromatic nitrogens is 1. The van der Waals surface area contributed by atoms with Gasteiger partial charge in [-0.15, -0.1) is 0 Å². The molecular weight excluding hydrogens is 506 g/mol. The number of rotatable bonds is 8. The third kappa shape index (κ3) is 7.10. The van der Waals surface area contributed by atoms with Crippen LogP contribution < -0.4 is 15.4 Å². The number of nitrogens with zero attached hydrogens (tertiary/aromatic N) is 3. The first-order valence-electron chi connectivity index (χ1n) is 12.2. The molecule has 37 heavy (non-hydrogen) atoms. The number of aryl methyl sites for hydroxylation is 1. The van der Waals surface area contributed by atoms with Crippen LogP contribution in [0.5, 0.6) is 5.75 Å². The number of carbonyl (C=O) groups excluding carboxylic acids is 2. The molecule has 2 N–H and O–H groups in total. The summed E-state index contributed by atoms with van der Waals surface area (Å²) < 4.78 is 6.48. The topological polar surface area (TPSA) is 86.8 Å². The summed E-state index contributed by atoms with van der Waals surface area (Å²) >= 11 is 2.94. The molecule has 0 bridgehead atoms. The van der Waals surface area contributed by atoms with Gasteiger partial charge in [0, 0.05) is 36.6 Å². The van der Waals surface area contributed by atoms with E-state index >= 15 is 0 Å². The molecular formula is C27H33N5O3S2. The Bertz CT molecular complexity index is 1250. The first-order chi connectivity index (χ1) is 17.8. The molecule has 0 unspecified atom stereocenters. The Morgan fingerprint density at radius 1 is 1.22 bits per heavy atom. The summed E-state index contributed by atoms with van der Waals surface area (Å²) in [5.41, 5.74) is 3.24. The van der Waals surface area contributed by atoms with Crippen LogP contribution in [0.3, 0.4) is 0 Å². The maximum Gasteiger partial charge on any atom is 0.257 e. The zero-order valence-corrected chi connectivity index (χ0v) is 23.3. The summed E-state index contributed by atoms with van der Waals surface area (Å²) in [5, 5.41) is 6.78. The number of hydrogen-bond donors (Lipinski definition) is 2. The van der Waals surface area contributed by atoms with Crippen LogP contribution in [-0.4, -0.2) is 74.0 Å². The molecule has 1 saturated heterocycles. The lowest BCUT2D eigenvalue weighted by molar-refractivity contribution is 0.0762. The maximum atomic E-state index is 13.3. The molecule has 1 aliphatic rings. The number of nitrogens with one attached hydrogen (secondary N) is 2. The van der Waals surface area contributed by atoms with E-state index in [0.29, 0.717) is 28.6 Å². The Morgan fingerprint density at radius 2 is 2.05 bits per heavy atom. The molecule has 1 aromatic heterocycles. The second-order valence-corrected chi connectivity index (χ2v) is 11.6. The molecule has 2 heterocycles. The van der Waals surface area contributed by atoms with Crippen molar-refractivity contribution in [3.8, 4) is 5.75 Å². The van der Waals surface area contributed by atoms with E-state index in [1.54, 1.807) is 19.4 Å². The van der Waals surface area contributed by atoms with Crippen LogP contribution in [0, 0.1) is 6.92 Å². The molecule has 196 valence electrons. The molecule has 3 aromatic rings. The van der Waals surface area contributed by atoms with Crippen LogP contribution in [0.4, 0.5) is 5.13 Å². The highest BCUT2D eigenvalue weighted by Gasteiger charge is 2.22. The van der Waals surface area contributed by atoms with Crippen molar-refractivity contribution >= 4 is 40.0 Å². The van der Waals surface area contributed by atoms with Crippen LogP contribution in [0.1, 0.15) is 38.3 Å². The van der Waals surface area contributed by atoms with E-state index in [-0.39, 0.29) is 11.8 Å². The van der Waals surface area contributed by atoms with Crippen LogP contribution in [0.15, 0.2) is 51.7 Å². The van der Waals surface area contributed by atoms with Gasteiger partial charge in [-0.2, -0.15) is 0 Å². The molecule has 1 fully saturated rings. The number of thiazole rings is 1. The van der Waals surface area contributed by atoms with Gasteiger partial charge < -0.3 is 19.9 Å². The zero-order valence-electron chi connectivity index (χ0n) is 21.7. The van der Waals surface area contributed by atoms with Crippen molar-refractivity contribution in [2.75, 3.05) is 52.7 Å². The number of hydrogen-bond acceptors (Lipinski definition) is 8. The zero-order chi connectivity index (χ0) is 26.4. The third-order valence-corrected chi connectivity index (χ3v) is 8.13. The van der Waals surface area contributed by atoms with E-state index in [4.69, 9.17) is 4.74 Å². The van der Waals surface area contributed by atoms with Gasteiger partial charge in [-0.05, 0) is 69.4 Å². The maximum absolute atomic E-state index is 13.3. The molecule has 2 amide bonds. The second-order valence-electron chi connectivity index (χ2n) is 9.19. The first kappa shape index (κ1) is 27.1. The summed E-state index contributed by atoms with van der Waals surface area (Å²) in [6, 6.07) is 11.4. The van der Waals surface area contributed by atoms with Gasteiger partial charge in [0.05, 0.1) is 23.1 Å². The average molecular weight is 540 g/mol. The highest BCUT2D eigenvalue weighted by molar-refractivity contribution is 8.01. The fourth-order valence-electron chi connectivity index (χ4n) is 4.14. The van der Waals surface area contributed by atoms with E-state index in [2.05, 4.69) is 20.5 Å². The molecule has 1 aliphatic heterocycles. The van der Waals surface area contributed by atoms with Crippen LogP contribution >= 0.6 is 23.1 Å². The standard InChI is InChI=1S/C27H33N5O3S2/c1-18-13-22(35-4)21(26(34)32-11-6-9-28-10-12-32)15-23(18)36-24-16-29-27(37-24)30-25(33)20-8-5-7-19(14-20)17-31(2)3/h5,7-8,13-16,28H,6,9-12,17H2,1-4H3,(H,29,30,33). The van der Waals surface area contributed by atoms with E-state index in [1.807, 2.05) is 56.3 Å². The summed E-state index contributed by atoms with van der Waals surface area (Å²) in [4.78, 5) is 35.5. The van der Waals surface area contributed by atoms with Crippen LogP contribution in [-0.2, 0) is 6.54 Å².